The molecule has 2 aliphatic rings. The lowest BCUT2D eigenvalue weighted by Crippen LogP contribution is -2.32. The van der Waals surface area contributed by atoms with Gasteiger partial charge in [-0.05, 0) is 69.0 Å². The first-order chi connectivity index (χ1) is 11.7. The van der Waals surface area contributed by atoms with Gasteiger partial charge < -0.3 is 4.90 Å². The second-order valence-electron chi connectivity index (χ2n) is 7.65. The Hall–Kier alpha value is -1.56. The molecule has 6 heteroatoms. The number of amides is 1. The molecule has 138 valence electrons. The highest BCUT2D eigenvalue weighted by atomic mass is 19.4. The van der Waals surface area contributed by atoms with Crippen LogP contribution in [-0.4, -0.2) is 34.8 Å². The van der Waals surface area contributed by atoms with E-state index in [1.54, 1.807) is 6.07 Å². The van der Waals surface area contributed by atoms with Crippen molar-refractivity contribution in [3.05, 3.63) is 34.4 Å². The van der Waals surface area contributed by atoms with Crippen LogP contribution in [0.5, 0.6) is 0 Å². The average Bonchev–Trinajstić information content (AvgIpc) is 2.85. The van der Waals surface area contributed by atoms with Crippen molar-refractivity contribution >= 4 is 5.91 Å². The molecule has 0 aliphatic carbocycles. The number of hydrogen-bond donors (Lipinski definition) is 0. The Kier molecular flexibility index (Phi) is 4.84. The highest BCUT2D eigenvalue weighted by Crippen LogP contribution is 2.39. The Bertz CT molecular complexity index is 661. The maximum atomic E-state index is 13.6. The zero-order valence-electron chi connectivity index (χ0n) is 15.0. The van der Waals surface area contributed by atoms with Crippen LogP contribution in [0.25, 0.3) is 0 Å². The molecule has 2 heterocycles. The number of nitrogens with zero attached hydrogens (tertiary/aromatic N) is 2. The van der Waals surface area contributed by atoms with Gasteiger partial charge in [-0.15, -0.1) is 0 Å². The fraction of sp³-hybridized carbons (Fsp3) is 0.632. The number of piperidine rings is 1. The lowest BCUT2D eigenvalue weighted by atomic mass is 9.96. The number of hydrogen-bond acceptors (Lipinski definition) is 2. The first kappa shape index (κ1) is 18.2. The van der Waals surface area contributed by atoms with Crippen LogP contribution in [0.3, 0.4) is 0 Å². The SMILES string of the molecule is CC1CCN(Cc2cc3c(c(C(F)(F)F)c2)CN(C(C)C)C3=O)CC1. The molecule has 0 atom stereocenters. The topological polar surface area (TPSA) is 23.6 Å². The number of fused-ring (bicyclic) bond motifs is 1. The van der Waals surface area contributed by atoms with Crippen molar-refractivity contribution in [2.45, 2.75) is 58.9 Å². The third-order valence-electron chi connectivity index (χ3n) is 5.34. The fourth-order valence-corrected chi connectivity index (χ4v) is 3.73. The molecular weight excluding hydrogens is 329 g/mol. The van der Waals surface area contributed by atoms with E-state index in [-0.39, 0.29) is 29.6 Å². The van der Waals surface area contributed by atoms with Crippen molar-refractivity contribution < 1.29 is 18.0 Å². The van der Waals surface area contributed by atoms with Crippen LogP contribution in [0.2, 0.25) is 0 Å². The molecule has 25 heavy (non-hydrogen) atoms. The Morgan fingerprint density at radius 2 is 1.84 bits per heavy atom. The molecule has 2 aliphatic heterocycles. The summed E-state index contributed by atoms with van der Waals surface area (Å²) < 4.78 is 40.7. The lowest BCUT2D eigenvalue weighted by molar-refractivity contribution is -0.138. The van der Waals surface area contributed by atoms with E-state index in [2.05, 4.69) is 11.8 Å². The number of alkyl halides is 3. The van der Waals surface area contributed by atoms with Gasteiger partial charge >= 0.3 is 6.18 Å². The van der Waals surface area contributed by atoms with Gasteiger partial charge in [-0.2, -0.15) is 13.2 Å². The molecule has 0 radical (unpaired) electrons. The summed E-state index contributed by atoms with van der Waals surface area (Å²) in [6.45, 7) is 8.16. The molecule has 1 amide bonds. The second kappa shape index (κ2) is 6.63. The lowest BCUT2D eigenvalue weighted by Gasteiger charge is -2.30. The monoisotopic (exact) mass is 354 g/mol. The van der Waals surface area contributed by atoms with E-state index < -0.39 is 11.7 Å². The molecule has 0 N–H and O–H groups in total. The van der Waals surface area contributed by atoms with Crippen LogP contribution in [0, 0.1) is 5.92 Å². The van der Waals surface area contributed by atoms with E-state index in [0.717, 1.165) is 25.9 Å². The summed E-state index contributed by atoms with van der Waals surface area (Å²) in [6.07, 6.45) is -2.31. The minimum atomic E-state index is -4.44. The van der Waals surface area contributed by atoms with Gasteiger partial charge in [-0.3, -0.25) is 9.69 Å². The Balaban J connectivity index is 1.93. The smallest absolute Gasteiger partial charge is 0.332 e. The van der Waals surface area contributed by atoms with Crippen molar-refractivity contribution in [2.24, 2.45) is 5.92 Å². The van der Waals surface area contributed by atoms with Crippen LogP contribution < -0.4 is 0 Å². The van der Waals surface area contributed by atoms with Gasteiger partial charge in [-0.1, -0.05) is 6.92 Å². The molecule has 1 fully saturated rings. The molecule has 0 spiro atoms. The van der Waals surface area contributed by atoms with E-state index in [1.165, 1.54) is 11.0 Å². The van der Waals surface area contributed by atoms with Crippen molar-refractivity contribution in [2.75, 3.05) is 13.1 Å². The number of carbonyl (C=O) groups excluding carboxylic acids is 1. The molecule has 1 aromatic rings. The van der Waals surface area contributed by atoms with Crippen molar-refractivity contribution in [3.8, 4) is 0 Å². The summed E-state index contributed by atoms with van der Waals surface area (Å²) in [7, 11) is 0. The van der Waals surface area contributed by atoms with E-state index in [0.29, 0.717) is 18.0 Å². The number of benzene rings is 1. The highest BCUT2D eigenvalue weighted by molar-refractivity contribution is 5.99. The van der Waals surface area contributed by atoms with Crippen molar-refractivity contribution in [1.29, 1.82) is 0 Å². The van der Waals surface area contributed by atoms with Crippen LogP contribution >= 0.6 is 0 Å². The molecule has 0 unspecified atom stereocenters. The van der Waals surface area contributed by atoms with E-state index in [4.69, 9.17) is 0 Å². The third kappa shape index (κ3) is 3.68. The van der Waals surface area contributed by atoms with Crippen LogP contribution in [0.1, 0.15) is 60.7 Å². The predicted molar refractivity (Wildman–Crippen MR) is 90.1 cm³/mol. The van der Waals surface area contributed by atoms with E-state index in [9.17, 15) is 18.0 Å². The molecule has 3 rings (SSSR count). The van der Waals surface area contributed by atoms with E-state index in [1.807, 2.05) is 13.8 Å². The van der Waals surface area contributed by atoms with Gasteiger partial charge in [0.25, 0.3) is 5.91 Å². The molecule has 0 saturated carbocycles. The maximum Gasteiger partial charge on any atom is 0.416 e. The molecule has 0 bridgehead atoms. The normalized spacial score (nSPS) is 19.8. The van der Waals surface area contributed by atoms with Gasteiger partial charge in [0.05, 0.1) is 5.56 Å². The Morgan fingerprint density at radius 1 is 1.20 bits per heavy atom. The number of carbonyl (C=O) groups is 1. The van der Waals surface area contributed by atoms with Gasteiger partial charge in [0, 0.05) is 24.7 Å². The standard InChI is InChI=1S/C19H25F3N2O/c1-12(2)24-11-16-15(18(24)25)8-14(9-17(16)19(20,21)22)10-23-6-4-13(3)5-7-23/h8-9,12-13H,4-7,10-11H2,1-3H3. The molecule has 1 aromatic carbocycles. The summed E-state index contributed by atoms with van der Waals surface area (Å²) in [5.41, 5.74) is 0.285. The average molecular weight is 354 g/mol. The number of halogens is 3. The Labute approximate surface area is 146 Å². The van der Waals surface area contributed by atoms with Gasteiger partial charge in [0.15, 0.2) is 0 Å². The summed E-state index contributed by atoms with van der Waals surface area (Å²) in [6, 6.07) is 2.80. The second-order valence-corrected chi connectivity index (χ2v) is 7.65. The fourth-order valence-electron chi connectivity index (χ4n) is 3.73. The predicted octanol–water partition coefficient (Wildman–Crippen LogP) is 4.30. The van der Waals surface area contributed by atoms with Gasteiger partial charge in [-0.25, -0.2) is 0 Å². The van der Waals surface area contributed by atoms with Gasteiger partial charge in [0.1, 0.15) is 0 Å². The first-order valence-corrected chi connectivity index (χ1v) is 8.93. The highest BCUT2D eigenvalue weighted by Gasteiger charge is 2.40. The van der Waals surface area contributed by atoms with Crippen LogP contribution in [0.4, 0.5) is 13.2 Å². The summed E-state index contributed by atoms with van der Waals surface area (Å²) in [5, 5.41) is 0. The van der Waals surface area contributed by atoms with Crippen molar-refractivity contribution in [1.82, 2.24) is 9.80 Å². The summed E-state index contributed by atoms with van der Waals surface area (Å²) >= 11 is 0. The molecular formula is C19H25F3N2O. The van der Waals surface area contributed by atoms with Gasteiger partial charge in [0.2, 0.25) is 0 Å². The third-order valence-corrected chi connectivity index (χ3v) is 5.34. The minimum Gasteiger partial charge on any atom is -0.332 e. The molecule has 1 saturated heterocycles. The molecule has 3 nitrogen and oxygen atoms in total. The van der Waals surface area contributed by atoms with Crippen molar-refractivity contribution in [3.63, 3.8) is 0 Å². The first-order valence-electron chi connectivity index (χ1n) is 8.93. The zero-order chi connectivity index (χ0) is 18.4. The summed E-state index contributed by atoms with van der Waals surface area (Å²) in [5.74, 6) is 0.382. The zero-order valence-corrected chi connectivity index (χ0v) is 15.0. The van der Waals surface area contributed by atoms with Crippen LogP contribution in [-0.2, 0) is 19.3 Å². The molecule has 0 aromatic heterocycles. The maximum absolute atomic E-state index is 13.6. The number of likely N-dealkylation sites (tertiary alicyclic amines) is 1. The van der Waals surface area contributed by atoms with E-state index >= 15 is 0 Å². The summed E-state index contributed by atoms with van der Waals surface area (Å²) in [4.78, 5) is 16.2. The van der Waals surface area contributed by atoms with Crippen LogP contribution in [0.15, 0.2) is 12.1 Å². The largest absolute Gasteiger partial charge is 0.416 e. The number of rotatable bonds is 3. The minimum absolute atomic E-state index is 0.0438. The quantitative estimate of drug-likeness (QED) is 0.808. The Morgan fingerprint density at radius 3 is 2.40 bits per heavy atom.